The summed E-state index contributed by atoms with van der Waals surface area (Å²) in [5.74, 6) is 0. The van der Waals surface area contributed by atoms with Gasteiger partial charge in [0, 0.05) is 0 Å². The molecular formula is C9H13BrS. The molecule has 11 heavy (non-hydrogen) atoms. The van der Waals surface area contributed by atoms with E-state index >= 15 is 0 Å². The molecule has 0 radical (unpaired) electrons. The molecule has 0 spiro atoms. The fourth-order valence-corrected chi connectivity index (χ4v) is 2.26. The van der Waals surface area contributed by atoms with E-state index in [2.05, 4.69) is 48.1 Å². The van der Waals surface area contributed by atoms with Crippen LogP contribution in [0.2, 0.25) is 0 Å². The predicted molar refractivity (Wildman–Crippen MR) is 55.2 cm³/mol. The number of hydrogen-bond acceptors (Lipinski definition) is 1. The van der Waals surface area contributed by atoms with Crippen molar-refractivity contribution >= 4 is 27.3 Å². The normalized spacial score (nSPS) is 12.0. The molecule has 0 aliphatic carbocycles. The van der Waals surface area contributed by atoms with Crippen LogP contribution in [0.3, 0.4) is 0 Å². The van der Waals surface area contributed by atoms with Crippen LogP contribution in [0.25, 0.3) is 0 Å². The van der Waals surface area contributed by atoms with Crippen LogP contribution in [-0.4, -0.2) is 0 Å². The lowest BCUT2D eigenvalue weighted by atomic mass is 9.89. The van der Waals surface area contributed by atoms with E-state index in [4.69, 9.17) is 0 Å². The Kier molecular flexibility index (Phi) is 2.76. The summed E-state index contributed by atoms with van der Waals surface area (Å²) in [5, 5.41) is 2.13. The number of halogens is 1. The minimum Gasteiger partial charge on any atom is -0.137 e. The summed E-state index contributed by atoms with van der Waals surface area (Å²) in [7, 11) is 0. The lowest BCUT2D eigenvalue weighted by Gasteiger charge is -2.17. The fourth-order valence-electron chi connectivity index (χ4n) is 1.02. The SMILES string of the molecule is CC(C)(C)Cc1ccsc1Br. The van der Waals surface area contributed by atoms with Gasteiger partial charge in [-0.3, -0.25) is 0 Å². The summed E-state index contributed by atoms with van der Waals surface area (Å²) in [5.41, 5.74) is 1.83. The maximum atomic E-state index is 3.54. The van der Waals surface area contributed by atoms with Crippen LogP contribution in [0.5, 0.6) is 0 Å². The Morgan fingerprint density at radius 2 is 2.09 bits per heavy atom. The first-order chi connectivity index (χ1) is 4.99. The highest BCUT2D eigenvalue weighted by atomic mass is 79.9. The second-order valence-electron chi connectivity index (χ2n) is 3.96. The molecule has 0 N–H and O–H groups in total. The number of thiophene rings is 1. The maximum Gasteiger partial charge on any atom is 0.0730 e. The van der Waals surface area contributed by atoms with Gasteiger partial charge in [0.25, 0.3) is 0 Å². The molecule has 0 unspecified atom stereocenters. The van der Waals surface area contributed by atoms with Gasteiger partial charge in [-0.2, -0.15) is 0 Å². The van der Waals surface area contributed by atoms with E-state index in [9.17, 15) is 0 Å². The van der Waals surface area contributed by atoms with E-state index in [1.54, 1.807) is 11.3 Å². The van der Waals surface area contributed by atoms with Gasteiger partial charge in [-0.05, 0) is 44.8 Å². The van der Waals surface area contributed by atoms with E-state index in [0.717, 1.165) is 6.42 Å². The maximum absolute atomic E-state index is 3.54. The van der Waals surface area contributed by atoms with Crippen LogP contribution in [0, 0.1) is 5.41 Å². The minimum absolute atomic E-state index is 0.392. The van der Waals surface area contributed by atoms with E-state index in [1.807, 2.05) is 0 Å². The van der Waals surface area contributed by atoms with Gasteiger partial charge in [0.15, 0.2) is 0 Å². The van der Waals surface area contributed by atoms with E-state index in [-0.39, 0.29) is 0 Å². The quantitative estimate of drug-likeness (QED) is 0.685. The third kappa shape index (κ3) is 2.96. The molecule has 0 aliphatic rings. The first kappa shape index (κ1) is 9.27. The van der Waals surface area contributed by atoms with Crippen LogP contribution in [0.4, 0.5) is 0 Å². The second-order valence-corrected chi connectivity index (χ2v) is 6.19. The van der Waals surface area contributed by atoms with Gasteiger partial charge in [-0.15, -0.1) is 11.3 Å². The van der Waals surface area contributed by atoms with E-state index in [0.29, 0.717) is 5.41 Å². The van der Waals surface area contributed by atoms with Gasteiger partial charge >= 0.3 is 0 Å². The highest BCUT2D eigenvalue weighted by molar-refractivity contribution is 9.11. The third-order valence-electron chi connectivity index (χ3n) is 1.41. The van der Waals surface area contributed by atoms with Crippen LogP contribution in [0.1, 0.15) is 26.3 Å². The van der Waals surface area contributed by atoms with Crippen molar-refractivity contribution in [3.63, 3.8) is 0 Å². The molecule has 0 amide bonds. The standard InChI is InChI=1S/C9H13BrS/c1-9(2,3)6-7-4-5-11-8(7)10/h4-5H,6H2,1-3H3. The summed E-state index contributed by atoms with van der Waals surface area (Å²) < 4.78 is 1.28. The zero-order valence-electron chi connectivity index (χ0n) is 7.15. The Morgan fingerprint density at radius 3 is 2.45 bits per heavy atom. The van der Waals surface area contributed by atoms with Gasteiger partial charge in [0.1, 0.15) is 0 Å². The largest absolute Gasteiger partial charge is 0.137 e. The Hall–Kier alpha value is 0.180. The molecule has 0 aromatic carbocycles. The van der Waals surface area contributed by atoms with Crippen LogP contribution >= 0.6 is 27.3 Å². The van der Waals surface area contributed by atoms with Crippen molar-refractivity contribution in [2.45, 2.75) is 27.2 Å². The lowest BCUT2D eigenvalue weighted by Crippen LogP contribution is -2.08. The summed E-state index contributed by atoms with van der Waals surface area (Å²) in [6.45, 7) is 6.78. The molecule has 1 aromatic rings. The van der Waals surface area contributed by atoms with Crippen molar-refractivity contribution < 1.29 is 0 Å². The molecule has 0 fully saturated rings. The molecule has 62 valence electrons. The topological polar surface area (TPSA) is 0 Å². The first-order valence-corrected chi connectivity index (χ1v) is 5.38. The highest BCUT2D eigenvalue weighted by Gasteiger charge is 2.13. The number of hydrogen-bond donors (Lipinski definition) is 0. The summed E-state index contributed by atoms with van der Waals surface area (Å²) in [6.07, 6.45) is 1.15. The van der Waals surface area contributed by atoms with Crippen molar-refractivity contribution in [2.24, 2.45) is 5.41 Å². The Balaban J connectivity index is 2.72. The smallest absolute Gasteiger partial charge is 0.0730 e. The van der Waals surface area contributed by atoms with Crippen molar-refractivity contribution in [1.82, 2.24) is 0 Å². The lowest BCUT2D eigenvalue weighted by molar-refractivity contribution is 0.411. The summed E-state index contributed by atoms with van der Waals surface area (Å²) in [4.78, 5) is 0. The van der Waals surface area contributed by atoms with Crippen molar-refractivity contribution in [3.05, 3.63) is 20.8 Å². The van der Waals surface area contributed by atoms with Gasteiger partial charge in [-0.25, -0.2) is 0 Å². The van der Waals surface area contributed by atoms with Gasteiger partial charge in [-0.1, -0.05) is 20.8 Å². The molecule has 0 bridgehead atoms. The molecule has 1 heterocycles. The Bertz CT molecular complexity index is 232. The molecule has 0 nitrogen and oxygen atoms in total. The molecule has 1 rings (SSSR count). The van der Waals surface area contributed by atoms with Gasteiger partial charge in [0.05, 0.1) is 3.79 Å². The molecule has 0 saturated carbocycles. The first-order valence-electron chi connectivity index (χ1n) is 3.71. The Labute approximate surface area is 80.8 Å². The van der Waals surface area contributed by atoms with E-state index < -0.39 is 0 Å². The molecule has 0 aliphatic heterocycles. The number of rotatable bonds is 1. The highest BCUT2D eigenvalue weighted by Crippen LogP contribution is 2.29. The average molecular weight is 233 g/mol. The predicted octanol–water partition coefficient (Wildman–Crippen LogP) is 4.10. The van der Waals surface area contributed by atoms with E-state index in [1.165, 1.54) is 9.35 Å². The molecular weight excluding hydrogens is 220 g/mol. The monoisotopic (exact) mass is 232 g/mol. The average Bonchev–Trinajstić information content (AvgIpc) is 2.12. The third-order valence-corrected chi connectivity index (χ3v) is 3.23. The molecule has 2 heteroatoms. The van der Waals surface area contributed by atoms with Crippen LogP contribution in [0.15, 0.2) is 15.2 Å². The fraction of sp³-hybridized carbons (Fsp3) is 0.556. The van der Waals surface area contributed by atoms with Gasteiger partial charge < -0.3 is 0 Å². The van der Waals surface area contributed by atoms with Crippen LogP contribution < -0.4 is 0 Å². The van der Waals surface area contributed by atoms with Crippen molar-refractivity contribution in [3.8, 4) is 0 Å². The summed E-state index contributed by atoms with van der Waals surface area (Å²) in [6, 6.07) is 2.19. The molecule has 1 aromatic heterocycles. The minimum atomic E-state index is 0.392. The summed E-state index contributed by atoms with van der Waals surface area (Å²) >= 11 is 5.30. The zero-order valence-corrected chi connectivity index (χ0v) is 9.55. The molecule has 0 saturated heterocycles. The van der Waals surface area contributed by atoms with Gasteiger partial charge in [0.2, 0.25) is 0 Å². The molecule has 0 atom stereocenters. The zero-order chi connectivity index (χ0) is 8.48. The van der Waals surface area contributed by atoms with Crippen molar-refractivity contribution in [1.29, 1.82) is 0 Å². The Morgan fingerprint density at radius 1 is 1.45 bits per heavy atom. The van der Waals surface area contributed by atoms with Crippen LogP contribution in [-0.2, 0) is 6.42 Å². The second kappa shape index (κ2) is 3.28. The van der Waals surface area contributed by atoms with Crippen molar-refractivity contribution in [2.75, 3.05) is 0 Å².